The molecule has 3 nitrogen and oxygen atoms in total. The molecule has 1 heterocycles. The first-order valence-electron chi connectivity index (χ1n) is 7.52. The Kier molecular flexibility index (Phi) is 5.76. The summed E-state index contributed by atoms with van der Waals surface area (Å²) in [7, 11) is 0. The van der Waals surface area contributed by atoms with Gasteiger partial charge in [0, 0.05) is 5.38 Å². The molecule has 0 radical (unpaired) electrons. The third-order valence-corrected chi connectivity index (χ3v) is 3.89. The van der Waals surface area contributed by atoms with E-state index in [-0.39, 0.29) is 12.1 Å². The number of hydrogen-bond donors (Lipinski definition) is 1. The quantitative estimate of drug-likeness (QED) is 0.827. The predicted octanol–water partition coefficient (Wildman–Crippen LogP) is 4.33. The van der Waals surface area contributed by atoms with Crippen molar-refractivity contribution in [3.63, 3.8) is 0 Å². The number of aromatic nitrogens is 1. The molecule has 0 bridgehead atoms. The number of benzene rings is 1. The summed E-state index contributed by atoms with van der Waals surface area (Å²) in [6, 6.07) is 8.43. The zero-order chi connectivity index (χ0) is 15.2. The molecule has 2 rings (SSSR count). The van der Waals surface area contributed by atoms with Crippen LogP contribution in [0.15, 0.2) is 29.6 Å². The summed E-state index contributed by atoms with van der Waals surface area (Å²) >= 11 is 1.69. The lowest BCUT2D eigenvalue weighted by molar-refractivity contribution is 0.242. The van der Waals surface area contributed by atoms with Crippen molar-refractivity contribution >= 4 is 11.3 Å². The van der Waals surface area contributed by atoms with E-state index >= 15 is 0 Å². The molecule has 0 aliphatic rings. The third-order valence-electron chi connectivity index (χ3n) is 3.09. The van der Waals surface area contributed by atoms with Crippen LogP contribution in [0.1, 0.15) is 49.5 Å². The van der Waals surface area contributed by atoms with E-state index in [2.05, 4.69) is 34.7 Å². The Hall–Kier alpha value is -1.39. The summed E-state index contributed by atoms with van der Waals surface area (Å²) < 4.78 is 5.80. The van der Waals surface area contributed by atoms with Gasteiger partial charge in [0.15, 0.2) is 0 Å². The van der Waals surface area contributed by atoms with E-state index in [4.69, 9.17) is 4.74 Å². The fourth-order valence-corrected chi connectivity index (χ4v) is 2.87. The number of hydrogen-bond acceptors (Lipinski definition) is 4. The zero-order valence-electron chi connectivity index (χ0n) is 13.2. The van der Waals surface area contributed by atoms with Crippen molar-refractivity contribution in [3.05, 3.63) is 45.9 Å². The molecule has 2 aromatic rings. The van der Waals surface area contributed by atoms with Crippen LogP contribution < -0.4 is 10.1 Å². The van der Waals surface area contributed by atoms with Crippen LogP contribution in [0.4, 0.5) is 0 Å². The lowest BCUT2D eigenvalue weighted by Crippen LogP contribution is -2.23. The standard InChI is InChI=1S/C17H24N2OS/c1-5-9-18-17(16-11-21-13(4)19-16)14-7-6-8-15(10-14)20-12(2)3/h6-8,10-12,17-18H,5,9H2,1-4H3. The lowest BCUT2D eigenvalue weighted by Gasteiger charge is -2.18. The Bertz CT molecular complexity index is 565. The van der Waals surface area contributed by atoms with Crippen LogP contribution in [0, 0.1) is 6.92 Å². The summed E-state index contributed by atoms with van der Waals surface area (Å²) in [5.74, 6) is 0.915. The normalized spacial score (nSPS) is 12.6. The predicted molar refractivity (Wildman–Crippen MR) is 89.2 cm³/mol. The first-order valence-corrected chi connectivity index (χ1v) is 8.40. The molecule has 1 N–H and O–H groups in total. The van der Waals surface area contributed by atoms with E-state index in [0.717, 1.165) is 29.4 Å². The number of rotatable bonds is 7. The molecule has 1 unspecified atom stereocenters. The molecule has 0 fully saturated rings. The maximum atomic E-state index is 5.80. The molecule has 0 spiro atoms. The van der Waals surface area contributed by atoms with Crippen LogP contribution in [0.2, 0.25) is 0 Å². The minimum atomic E-state index is 0.130. The Labute approximate surface area is 131 Å². The number of ether oxygens (including phenoxy) is 1. The third kappa shape index (κ3) is 4.55. The van der Waals surface area contributed by atoms with E-state index in [1.165, 1.54) is 5.56 Å². The van der Waals surface area contributed by atoms with Crippen LogP contribution >= 0.6 is 11.3 Å². The monoisotopic (exact) mass is 304 g/mol. The first kappa shape index (κ1) is 16.0. The van der Waals surface area contributed by atoms with Gasteiger partial charge in [-0.05, 0) is 51.4 Å². The Balaban J connectivity index is 2.27. The molecule has 0 amide bonds. The van der Waals surface area contributed by atoms with Gasteiger partial charge in [-0.2, -0.15) is 0 Å². The smallest absolute Gasteiger partial charge is 0.120 e. The molecule has 4 heteroatoms. The maximum Gasteiger partial charge on any atom is 0.120 e. The Morgan fingerprint density at radius 1 is 1.33 bits per heavy atom. The molecule has 114 valence electrons. The zero-order valence-corrected chi connectivity index (χ0v) is 14.0. The molecular weight excluding hydrogens is 280 g/mol. The van der Waals surface area contributed by atoms with Gasteiger partial charge < -0.3 is 10.1 Å². The van der Waals surface area contributed by atoms with Gasteiger partial charge in [-0.1, -0.05) is 19.1 Å². The maximum absolute atomic E-state index is 5.80. The fraction of sp³-hybridized carbons (Fsp3) is 0.471. The minimum Gasteiger partial charge on any atom is -0.491 e. The highest BCUT2D eigenvalue weighted by atomic mass is 32.1. The van der Waals surface area contributed by atoms with Crippen LogP contribution in [0.5, 0.6) is 5.75 Å². The second kappa shape index (κ2) is 7.57. The summed E-state index contributed by atoms with van der Waals surface area (Å²) in [5.41, 5.74) is 2.29. The Morgan fingerprint density at radius 2 is 2.14 bits per heavy atom. The fourth-order valence-electron chi connectivity index (χ4n) is 2.23. The van der Waals surface area contributed by atoms with Crippen LogP contribution in [0.25, 0.3) is 0 Å². The molecule has 1 atom stereocenters. The molecule has 21 heavy (non-hydrogen) atoms. The lowest BCUT2D eigenvalue weighted by atomic mass is 10.0. The molecule has 0 aliphatic carbocycles. The number of nitrogens with one attached hydrogen (secondary N) is 1. The molecule has 1 aromatic carbocycles. The van der Waals surface area contributed by atoms with Crippen LogP contribution in [0.3, 0.4) is 0 Å². The molecule has 1 aromatic heterocycles. The second-order valence-corrected chi connectivity index (χ2v) is 6.48. The minimum absolute atomic E-state index is 0.130. The van der Waals surface area contributed by atoms with Crippen molar-refractivity contribution in [1.29, 1.82) is 0 Å². The summed E-state index contributed by atoms with van der Waals surface area (Å²) in [6.07, 6.45) is 1.28. The van der Waals surface area contributed by atoms with Crippen molar-refractivity contribution < 1.29 is 4.74 Å². The van der Waals surface area contributed by atoms with Gasteiger partial charge in [0.05, 0.1) is 22.8 Å². The van der Waals surface area contributed by atoms with Gasteiger partial charge in [-0.25, -0.2) is 4.98 Å². The summed E-state index contributed by atoms with van der Waals surface area (Å²) in [6.45, 7) is 9.28. The summed E-state index contributed by atoms with van der Waals surface area (Å²) in [5, 5.41) is 6.82. The number of nitrogens with zero attached hydrogens (tertiary/aromatic N) is 1. The van der Waals surface area contributed by atoms with Gasteiger partial charge in [-0.3, -0.25) is 0 Å². The number of aryl methyl sites for hydroxylation is 1. The van der Waals surface area contributed by atoms with E-state index in [9.17, 15) is 0 Å². The topological polar surface area (TPSA) is 34.1 Å². The molecule has 0 aliphatic heterocycles. The van der Waals surface area contributed by atoms with Gasteiger partial charge in [-0.15, -0.1) is 11.3 Å². The highest BCUT2D eigenvalue weighted by Gasteiger charge is 2.16. The Morgan fingerprint density at radius 3 is 2.76 bits per heavy atom. The molecule has 0 saturated carbocycles. The van der Waals surface area contributed by atoms with Gasteiger partial charge in [0.25, 0.3) is 0 Å². The number of thiazole rings is 1. The van der Waals surface area contributed by atoms with E-state index in [0.29, 0.717) is 0 Å². The van der Waals surface area contributed by atoms with Gasteiger partial charge in [0.1, 0.15) is 5.75 Å². The second-order valence-electron chi connectivity index (χ2n) is 5.42. The van der Waals surface area contributed by atoms with Crippen LogP contribution in [-0.2, 0) is 0 Å². The average Bonchev–Trinajstić information content (AvgIpc) is 2.85. The van der Waals surface area contributed by atoms with Crippen LogP contribution in [-0.4, -0.2) is 17.6 Å². The summed E-state index contributed by atoms with van der Waals surface area (Å²) in [4.78, 5) is 4.65. The highest BCUT2D eigenvalue weighted by Crippen LogP contribution is 2.26. The van der Waals surface area contributed by atoms with Gasteiger partial charge >= 0.3 is 0 Å². The highest BCUT2D eigenvalue weighted by molar-refractivity contribution is 7.09. The van der Waals surface area contributed by atoms with E-state index in [1.54, 1.807) is 11.3 Å². The molecule has 0 saturated heterocycles. The SMILES string of the molecule is CCCNC(c1cccc(OC(C)C)c1)c1csc(C)n1. The van der Waals surface area contributed by atoms with Crippen molar-refractivity contribution in [2.75, 3.05) is 6.54 Å². The van der Waals surface area contributed by atoms with E-state index < -0.39 is 0 Å². The average molecular weight is 304 g/mol. The molecular formula is C17H24N2OS. The first-order chi connectivity index (χ1) is 10.1. The van der Waals surface area contributed by atoms with E-state index in [1.807, 2.05) is 32.9 Å². The van der Waals surface area contributed by atoms with Crippen molar-refractivity contribution in [2.45, 2.75) is 46.3 Å². The van der Waals surface area contributed by atoms with Crippen molar-refractivity contribution in [3.8, 4) is 5.75 Å². The largest absolute Gasteiger partial charge is 0.491 e. The van der Waals surface area contributed by atoms with Crippen molar-refractivity contribution in [1.82, 2.24) is 10.3 Å². The van der Waals surface area contributed by atoms with Gasteiger partial charge in [0.2, 0.25) is 0 Å². The van der Waals surface area contributed by atoms with Crippen molar-refractivity contribution in [2.24, 2.45) is 0 Å².